The van der Waals surface area contributed by atoms with Crippen molar-refractivity contribution in [2.45, 2.75) is 19.8 Å². The van der Waals surface area contributed by atoms with Crippen molar-refractivity contribution in [3.8, 4) is 5.75 Å². The third-order valence-electron chi connectivity index (χ3n) is 3.64. The zero-order valence-electron chi connectivity index (χ0n) is 13.9. The van der Waals surface area contributed by atoms with E-state index in [4.69, 9.17) is 16.3 Å². The molecule has 2 aromatic heterocycles. The van der Waals surface area contributed by atoms with Crippen molar-refractivity contribution < 1.29 is 9.53 Å². The van der Waals surface area contributed by atoms with E-state index >= 15 is 0 Å². The average Bonchev–Trinajstić information content (AvgIpc) is 2.97. The Morgan fingerprint density at radius 1 is 1.32 bits per heavy atom. The van der Waals surface area contributed by atoms with Gasteiger partial charge in [-0.3, -0.25) is 4.79 Å². The summed E-state index contributed by atoms with van der Waals surface area (Å²) in [5.41, 5.74) is 2.87. The largest absolute Gasteiger partial charge is 0.484 e. The highest BCUT2D eigenvalue weighted by atomic mass is 35.5. The summed E-state index contributed by atoms with van der Waals surface area (Å²) in [4.78, 5) is 16.2. The van der Waals surface area contributed by atoms with Crippen LogP contribution in [-0.2, 0) is 11.2 Å². The first-order chi connectivity index (χ1) is 12.1. The second kappa shape index (κ2) is 7.98. The number of carbonyl (C=O) groups is 1. The minimum absolute atomic E-state index is 0.0122. The van der Waals surface area contributed by atoms with E-state index in [0.29, 0.717) is 17.3 Å². The highest BCUT2D eigenvalue weighted by Crippen LogP contribution is 2.15. The number of aromatic nitrogens is 3. The summed E-state index contributed by atoms with van der Waals surface area (Å²) >= 11 is 5.80. The average molecular weight is 359 g/mol. The summed E-state index contributed by atoms with van der Waals surface area (Å²) in [5.74, 6) is 0.472. The monoisotopic (exact) mass is 358 g/mol. The van der Waals surface area contributed by atoms with Crippen LogP contribution < -0.4 is 10.1 Å². The van der Waals surface area contributed by atoms with Gasteiger partial charge in [0.1, 0.15) is 5.75 Å². The molecule has 3 aromatic rings. The SMILES string of the molecule is Cc1cc2ncc(CCCNC(=O)COc3ccc(Cl)cc3)cn2n1. The molecule has 6 nitrogen and oxygen atoms in total. The number of hydrogen-bond acceptors (Lipinski definition) is 4. The lowest BCUT2D eigenvalue weighted by Gasteiger charge is -2.07. The minimum Gasteiger partial charge on any atom is -0.484 e. The third-order valence-corrected chi connectivity index (χ3v) is 3.89. The van der Waals surface area contributed by atoms with Gasteiger partial charge in [-0.25, -0.2) is 9.50 Å². The van der Waals surface area contributed by atoms with E-state index in [0.717, 1.165) is 29.7 Å². The molecule has 1 amide bonds. The van der Waals surface area contributed by atoms with Crippen LogP contribution in [0, 0.1) is 6.92 Å². The number of carbonyl (C=O) groups excluding carboxylic acids is 1. The highest BCUT2D eigenvalue weighted by Gasteiger charge is 2.04. The molecule has 0 fully saturated rings. The number of nitrogens with zero attached hydrogens (tertiary/aromatic N) is 3. The normalized spacial score (nSPS) is 10.8. The molecule has 3 rings (SSSR count). The molecule has 0 bridgehead atoms. The molecule has 2 heterocycles. The summed E-state index contributed by atoms with van der Waals surface area (Å²) < 4.78 is 7.18. The van der Waals surface area contributed by atoms with E-state index in [2.05, 4.69) is 15.4 Å². The first-order valence-corrected chi connectivity index (χ1v) is 8.44. The van der Waals surface area contributed by atoms with E-state index in [1.165, 1.54) is 0 Å². The molecule has 0 radical (unpaired) electrons. The number of fused-ring (bicyclic) bond motifs is 1. The summed E-state index contributed by atoms with van der Waals surface area (Å²) in [6, 6.07) is 8.84. The van der Waals surface area contributed by atoms with Crippen molar-refractivity contribution >= 4 is 23.2 Å². The van der Waals surface area contributed by atoms with Crippen LogP contribution in [0.5, 0.6) is 5.75 Å². The van der Waals surface area contributed by atoms with Gasteiger partial charge < -0.3 is 10.1 Å². The van der Waals surface area contributed by atoms with Crippen molar-refractivity contribution in [2.75, 3.05) is 13.2 Å². The number of aryl methyl sites for hydroxylation is 2. The van der Waals surface area contributed by atoms with Gasteiger partial charge in [0, 0.05) is 30.0 Å². The van der Waals surface area contributed by atoms with Gasteiger partial charge in [0.05, 0.1) is 5.69 Å². The van der Waals surface area contributed by atoms with E-state index in [1.54, 1.807) is 28.8 Å². The number of halogens is 1. The zero-order chi connectivity index (χ0) is 17.6. The molecule has 0 saturated carbocycles. The van der Waals surface area contributed by atoms with Crippen LogP contribution in [0.15, 0.2) is 42.7 Å². The Hall–Kier alpha value is -2.60. The lowest BCUT2D eigenvalue weighted by Crippen LogP contribution is -2.29. The third kappa shape index (κ3) is 4.93. The Kier molecular flexibility index (Phi) is 5.50. The molecule has 7 heteroatoms. The molecule has 130 valence electrons. The smallest absolute Gasteiger partial charge is 0.257 e. The Morgan fingerprint density at radius 2 is 2.12 bits per heavy atom. The van der Waals surface area contributed by atoms with Crippen molar-refractivity contribution in [1.29, 1.82) is 0 Å². The number of ether oxygens (including phenoxy) is 1. The predicted octanol–water partition coefficient (Wildman–Crippen LogP) is 2.82. The molecule has 1 N–H and O–H groups in total. The van der Waals surface area contributed by atoms with Crippen LogP contribution in [-0.4, -0.2) is 33.7 Å². The van der Waals surface area contributed by atoms with E-state index in [1.807, 2.05) is 25.4 Å². The molecule has 0 aliphatic heterocycles. The van der Waals surface area contributed by atoms with E-state index < -0.39 is 0 Å². The lowest BCUT2D eigenvalue weighted by atomic mass is 10.2. The Morgan fingerprint density at radius 3 is 2.92 bits per heavy atom. The fourth-order valence-electron chi connectivity index (χ4n) is 2.41. The Balaban J connectivity index is 1.38. The fourth-order valence-corrected chi connectivity index (χ4v) is 2.54. The highest BCUT2D eigenvalue weighted by molar-refractivity contribution is 6.30. The molecule has 25 heavy (non-hydrogen) atoms. The minimum atomic E-state index is -0.147. The standard InChI is InChI=1S/C18H19ClN4O2/c1-13-9-17-21-10-14(11-23(17)22-13)3-2-8-20-18(24)12-25-16-6-4-15(19)5-7-16/h4-7,9-11H,2-3,8,12H2,1H3,(H,20,24). The zero-order valence-corrected chi connectivity index (χ0v) is 14.7. The number of benzene rings is 1. The fraction of sp³-hybridized carbons (Fsp3) is 0.278. The predicted molar refractivity (Wildman–Crippen MR) is 96.0 cm³/mol. The summed E-state index contributed by atoms with van der Waals surface area (Å²) in [6.45, 7) is 2.51. The van der Waals surface area contributed by atoms with Gasteiger partial charge in [-0.2, -0.15) is 5.10 Å². The van der Waals surface area contributed by atoms with Crippen molar-refractivity contribution in [3.05, 3.63) is 59.0 Å². The van der Waals surface area contributed by atoms with Crippen LogP contribution in [0.25, 0.3) is 5.65 Å². The molecule has 0 spiro atoms. The molecular weight excluding hydrogens is 340 g/mol. The first-order valence-electron chi connectivity index (χ1n) is 8.06. The van der Waals surface area contributed by atoms with Crippen molar-refractivity contribution in [2.24, 2.45) is 0 Å². The molecule has 0 atom stereocenters. The number of amides is 1. The maximum atomic E-state index is 11.8. The molecule has 0 aliphatic carbocycles. The maximum absolute atomic E-state index is 11.8. The molecule has 1 aromatic carbocycles. The van der Waals surface area contributed by atoms with Gasteiger partial charge in [0.15, 0.2) is 12.3 Å². The second-order valence-corrected chi connectivity index (χ2v) is 6.18. The van der Waals surface area contributed by atoms with Gasteiger partial charge in [-0.05, 0) is 49.6 Å². The number of rotatable bonds is 7. The first kappa shape index (κ1) is 17.2. The second-order valence-electron chi connectivity index (χ2n) is 5.75. The Bertz CT molecular complexity index is 861. The van der Waals surface area contributed by atoms with Crippen molar-refractivity contribution in [1.82, 2.24) is 19.9 Å². The molecule has 0 aliphatic rings. The maximum Gasteiger partial charge on any atom is 0.257 e. The van der Waals surface area contributed by atoms with Gasteiger partial charge in [-0.15, -0.1) is 0 Å². The van der Waals surface area contributed by atoms with Crippen LogP contribution in [0.2, 0.25) is 5.02 Å². The van der Waals surface area contributed by atoms with Crippen LogP contribution in [0.1, 0.15) is 17.7 Å². The van der Waals surface area contributed by atoms with Gasteiger partial charge in [0.25, 0.3) is 5.91 Å². The molecule has 0 unspecified atom stereocenters. The van der Waals surface area contributed by atoms with Crippen LogP contribution in [0.4, 0.5) is 0 Å². The quantitative estimate of drug-likeness (QED) is 0.659. The van der Waals surface area contributed by atoms with E-state index in [-0.39, 0.29) is 12.5 Å². The van der Waals surface area contributed by atoms with Crippen LogP contribution >= 0.6 is 11.6 Å². The Labute approximate surface area is 150 Å². The van der Waals surface area contributed by atoms with E-state index in [9.17, 15) is 4.79 Å². The van der Waals surface area contributed by atoms with Gasteiger partial charge in [-0.1, -0.05) is 11.6 Å². The van der Waals surface area contributed by atoms with Crippen molar-refractivity contribution in [3.63, 3.8) is 0 Å². The van der Waals surface area contributed by atoms with Gasteiger partial charge in [0.2, 0.25) is 0 Å². The number of hydrogen-bond donors (Lipinski definition) is 1. The summed E-state index contributed by atoms with van der Waals surface area (Å²) in [7, 11) is 0. The summed E-state index contributed by atoms with van der Waals surface area (Å²) in [5, 5.41) is 7.83. The number of nitrogens with one attached hydrogen (secondary N) is 1. The lowest BCUT2D eigenvalue weighted by molar-refractivity contribution is -0.123. The van der Waals surface area contributed by atoms with Gasteiger partial charge >= 0.3 is 0 Å². The topological polar surface area (TPSA) is 68.5 Å². The molecular formula is C18H19ClN4O2. The summed E-state index contributed by atoms with van der Waals surface area (Å²) in [6.07, 6.45) is 5.46. The molecule has 0 saturated heterocycles. The van der Waals surface area contributed by atoms with Crippen LogP contribution in [0.3, 0.4) is 0 Å².